The van der Waals surface area contributed by atoms with E-state index in [1.807, 2.05) is 6.20 Å². The largest absolute Gasteiger partial charge is 0.306 e. The minimum absolute atomic E-state index is 0.502. The summed E-state index contributed by atoms with van der Waals surface area (Å²) in [4.78, 5) is 4.65. The molecule has 1 saturated carbocycles. The minimum atomic E-state index is 0.502. The van der Waals surface area contributed by atoms with Gasteiger partial charge in [-0.05, 0) is 49.7 Å². The van der Waals surface area contributed by atoms with Gasteiger partial charge in [-0.1, -0.05) is 32.3 Å². The predicted molar refractivity (Wildman–Crippen MR) is 79.1 cm³/mol. The van der Waals surface area contributed by atoms with Gasteiger partial charge in [0.1, 0.15) is 0 Å². The Morgan fingerprint density at radius 2 is 2.11 bits per heavy atom. The molecule has 0 spiro atoms. The number of hydrogen-bond donors (Lipinski definition) is 1. The summed E-state index contributed by atoms with van der Waals surface area (Å²) in [5.41, 5.74) is 2.80. The van der Waals surface area contributed by atoms with Crippen molar-refractivity contribution in [2.24, 2.45) is 5.92 Å². The van der Waals surface area contributed by atoms with Crippen molar-refractivity contribution >= 4 is 0 Å². The fourth-order valence-electron chi connectivity index (χ4n) is 3.95. The highest BCUT2D eigenvalue weighted by atomic mass is 15.0. The summed E-state index contributed by atoms with van der Waals surface area (Å²) < 4.78 is 0. The first-order valence-corrected chi connectivity index (χ1v) is 8.08. The van der Waals surface area contributed by atoms with Crippen molar-refractivity contribution in [1.82, 2.24) is 10.3 Å². The van der Waals surface area contributed by atoms with Gasteiger partial charge in [0.2, 0.25) is 0 Å². The molecule has 1 fully saturated rings. The first-order chi connectivity index (χ1) is 9.38. The highest BCUT2D eigenvalue weighted by Crippen LogP contribution is 2.32. The van der Waals surface area contributed by atoms with Gasteiger partial charge in [0.15, 0.2) is 0 Å². The number of aromatic nitrogens is 1. The second-order valence-electron chi connectivity index (χ2n) is 6.22. The van der Waals surface area contributed by atoms with Crippen LogP contribution in [-0.4, -0.2) is 11.0 Å². The molecule has 2 nitrogen and oxygen atoms in total. The van der Waals surface area contributed by atoms with Gasteiger partial charge in [-0.15, -0.1) is 0 Å². The van der Waals surface area contributed by atoms with Crippen molar-refractivity contribution in [3.63, 3.8) is 0 Å². The molecular formula is C17H26N2. The quantitative estimate of drug-likeness (QED) is 0.886. The lowest BCUT2D eigenvalue weighted by molar-refractivity contribution is 0.228. The number of nitrogens with zero attached hydrogens (tertiary/aromatic N) is 1. The molecule has 104 valence electrons. The van der Waals surface area contributed by atoms with Crippen LogP contribution >= 0.6 is 0 Å². The van der Waals surface area contributed by atoms with Crippen LogP contribution in [0.5, 0.6) is 0 Å². The maximum absolute atomic E-state index is 4.65. The van der Waals surface area contributed by atoms with Crippen molar-refractivity contribution in [1.29, 1.82) is 0 Å². The van der Waals surface area contributed by atoms with E-state index in [-0.39, 0.29) is 0 Å². The lowest BCUT2D eigenvalue weighted by Crippen LogP contribution is -2.41. The minimum Gasteiger partial charge on any atom is -0.306 e. The molecular weight excluding hydrogens is 232 g/mol. The Kier molecular flexibility index (Phi) is 4.17. The lowest BCUT2D eigenvalue weighted by Gasteiger charge is -2.36. The molecule has 1 N–H and O–H groups in total. The molecule has 2 aliphatic rings. The molecule has 3 unspecified atom stereocenters. The average Bonchev–Trinajstić information content (AvgIpc) is 2.48. The molecule has 1 heterocycles. The third-order valence-corrected chi connectivity index (χ3v) is 5.04. The van der Waals surface area contributed by atoms with E-state index in [0.29, 0.717) is 6.04 Å². The van der Waals surface area contributed by atoms with Crippen LogP contribution in [0.3, 0.4) is 0 Å². The predicted octanol–water partition coefficient (Wildman–Crippen LogP) is 4.02. The Bertz CT molecular complexity index is 415. The summed E-state index contributed by atoms with van der Waals surface area (Å²) in [7, 11) is 0. The number of nitrogens with one attached hydrogen (secondary N) is 1. The van der Waals surface area contributed by atoms with Crippen LogP contribution in [0.15, 0.2) is 18.3 Å². The van der Waals surface area contributed by atoms with Crippen LogP contribution in [0.2, 0.25) is 0 Å². The number of hydrogen-bond acceptors (Lipinski definition) is 2. The molecule has 3 rings (SSSR count). The molecule has 2 aliphatic carbocycles. The first kappa shape index (κ1) is 13.1. The van der Waals surface area contributed by atoms with Gasteiger partial charge < -0.3 is 5.32 Å². The van der Waals surface area contributed by atoms with Crippen molar-refractivity contribution in [3.05, 3.63) is 29.6 Å². The van der Waals surface area contributed by atoms with Crippen LogP contribution in [0, 0.1) is 5.92 Å². The van der Waals surface area contributed by atoms with E-state index in [1.165, 1.54) is 62.6 Å². The Morgan fingerprint density at radius 3 is 3.00 bits per heavy atom. The molecule has 0 aromatic carbocycles. The van der Waals surface area contributed by atoms with Crippen LogP contribution in [0.4, 0.5) is 0 Å². The van der Waals surface area contributed by atoms with Gasteiger partial charge in [0.05, 0.1) is 5.69 Å². The normalized spacial score (nSPS) is 30.9. The molecule has 1 aromatic heterocycles. The summed E-state index contributed by atoms with van der Waals surface area (Å²) in [6.45, 7) is 2.34. The molecule has 19 heavy (non-hydrogen) atoms. The zero-order valence-corrected chi connectivity index (χ0v) is 12.1. The molecule has 0 saturated heterocycles. The van der Waals surface area contributed by atoms with Gasteiger partial charge in [-0.2, -0.15) is 0 Å². The Morgan fingerprint density at radius 1 is 1.21 bits per heavy atom. The highest BCUT2D eigenvalue weighted by Gasteiger charge is 2.28. The molecule has 0 aliphatic heterocycles. The summed E-state index contributed by atoms with van der Waals surface area (Å²) >= 11 is 0. The average molecular weight is 258 g/mol. The summed E-state index contributed by atoms with van der Waals surface area (Å²) in [5, 5.41) is 3.95. The van der Waals surface area contributed by atoms with Gasteiger partial charge in [-0.3, -0.25) is 4.98 Å². The molecule has 0 bridgehead atoms. The van der Waals surface area contributed by atoms with Crippen molar-refractivity contribution in [3.8, 4) is 0 Å². The van der Waals surface area contributed by atoms with Gasteiger partial charge in [0.25, 0.3) is 0 Å². The molecule has 0 amide bonds. The van der Waals surface area contributed by atoms with E-state index in [1.54, 1.807) is 0 Å². The van der Waals surface area contributed by atoms with Gasteiger partial charge in [0, 0.05) is 18.3 Å². The monoisotopic (exact) mass is 258 g/mol. The fourth-order valence-corrected chi connectivity index (χ4v) is 3.95. The molecule has 0 radical (unpaired) electrons. The fraction of sp³-hybridized carbons (Fsp3) is 0.706. The number of rotatable bonds is 3. The SMILES string of the molecule is CCC1CCCCC1NC1CCCc2cccnc21. The zero-order chi connectivity index (χ0) is 13.1. The van der Waals surface area contributed by atoms with Gasteiger partial charge >= 0.3 is 0 Å². The van der Waals surface area contributed by atoms with Crippen LogP contribution in [-0.2, 0) is 6.42 Å². The van der Waals surface area contributed by atoms with Gasteiger partial charge in [-0.25, -0.2) is 0 Å². The van der Waals surface area contributed by atoms with Crippen molar-refractivity contribution < 1.29 is 0 Å². The second kappa shape index (κ2) is 6.04. The Balaban J connectivity index is 1.73. The van der Waals surface area contributed by atoms with Crippen molar-refractivity contribution in [2.75, 3.05) is 0 Å². The first-order valence-electron chi connectivity index (χ1n) is 8.08. The standard InChI is InChI=1S/C17H26N2/c1-2-13-7-3-4-10-15(13)19-16-11-5-8-14-9-6-12-18-17(14)16/h6,9,12-13,15-16,19H,2-5,7-8,10-11H2,1H3. The lowest BCUT2D eigenvalue weighted by atomic mass is 9.81. The smallest absolute Gasteiger partial charge is 0.0605 e. The maximum atomic E-state index is 4.65. The topological polar surface area (TPSA) is 24.9 Å². The summed E-state index contributed by atoms with van der Waals surface area (Å²) in [6, 6.07) is 5.56. The molecule has 2 heteroatoms. The number of aryl methyl sites for hydroxylation is 1. The number of pyridine rings is 1. The van der Waals surface area contributed by atoms with E-state index in [2.05, 4.69) is 29.4 Å². The summed E-state index contributed by atoms with van der Waals surface area (Å²) in [5.74, 6) is 0.878. The van der Waals surface area contributed by atoms with Crippen molar-refractivity contribution in [2.45, 2.75) is 70.4 Å². The third kappa shape index (κ3) is 2.84. The summed E-state index contributed by atoms with van der Waals surface area (Å²) in [6.07, 6.45) is 12.6. The van der Waals surface area contributed by atoms with E-state index in [4.69, 9.17) is 0 Å². The van der Waals surface area contributed by atoms with E-state index < -0.39 is 0 Å². The second-order valence-corrected chi connectivity index (χ2v) is 6.22. The van der Waals surface area contributed by atoms with E-state index in [0.717, 1.165) is 12.0 Å². The maximum Gasteiger partial charge on any atom is 0.0605 e. The van der Waals surface area contributed by atoms with Crippen LogP contribution < -0.4 is 5.32 Å². The third-order valence-electron chi connectivity index (χ3n) is 5.04. The van der Waals surface area contributed by atoms with Crippen LogP contribution in [0.1, 0.15) is 69.2 Å². The number of fused-ring (bicyclic) bond motifs is 1. The Labute approximate surface area is 117 Å². The zero-order valence-electron chi connectivity index (χ0n) is 12.1. The highest BCUT2D eigenvalue weighted by molar-refractivity contribution is 5.25. The molecule has 1 aromatic rings. The molecule has 3 atom stereocenters. The van der Waals surface area contributed by atoms with Crippen LogP contribution in [0.25, 0.3) is 0 Å². The Hall–Kier alpha value is -0.890. The van der Waals surface area contributed by atoms with E-state index in [9.17, 15) is 0 Å². The van der Waals surface area contributed by atoms with E-state index >= 15 is 0 Å².